The fourth-order valence-corrected chi connectivity index (χ4v) is 4.96. The third kappa shape index (κ3) is 2.76. The van der Waals surface area contributed by atoms with Crippen LogP contribution in [0.25, 0.3) is 11.1 Å². The van der Waals surface area contributed by atoms with Gasteiger partial charge in [-0.1, -0.05) is 19.9 Å². The van der Waals surface area contributed by atoms with Gasteiger partial charge >= 0.3 is 0 Å². The van der Waals surface area contributed by atoms with Crippen LogP contribution in [-0.2, 0) is 11.2 Å². The number of fused-ring (bicyclic) bond motifs is 1. The molecule has 1 radical (unpaired) electrons. The van der Waals surface area contributed by atoms with Crippen LogP contribution in [0.2, 0.25) is 0 Å². The fourth-order valence-electron chi connectivity index (χ4n) is 3.63. The molecular formula is C19H21N2O2S. The molecule has 0 saturated carbocycles. The molecule has 0 aromatic carbocycles. The number of anilines is 1. The summed E-state index contributed by atoms with van der Waals surface area (Å²) in [5.74, 6) is 0.274. The molecule has 0 atom stereocenters. The van der Waals surface area contributed by atoms with E-state index in [2.05, 4.69) is 29.9 Å². The average molecular weight is 341 g/mol. The second-order valence-corrected chi connectivity index (χ2v) is 8.29. The molecule has 125 valence electrons. The molecule has 1 aliphatic heterocycles. The lowest BCUT2D eigenvalue weighted by molar-refractivity contribution is 0.0918. The zero-order valence-corrected chi connectivity index (χ0v) is 14.9. The zero-order valence-electron chi connectivity index (χ0n) is 14.1. The minimum Gasteiger partial charge on any atom is -0.378 e. The Labute approximate surface area is 146 Å². The van der Waals surface area contributed by atoms with Gasteiger partial charge in [-0.2, -0.15) is 0 Å². The number of carbonyl (C=O) groups is 1. The second kappa shape index (κ2) is 5.97. The van der Waals surface area contributed by atoms with Crippen molar-refractivity contribution >= 4 is 22.1 Å². The minimum atomic E-state index is 0.00436. The molecule has 0 unspecified atom stereocenters. The number of pyridine rings is 1. The predicted octanol–water partition coefficient (Wildman–Crippen LogP) is 3.60. The lowest BCUT2D eigenvalue weighted by Crippen LogP contribution is -2.36. The second-order valence-electron chi connectivity index (χ2n) is 7.29. The standard InChI is InChI=1S/C19H21N2O2S/c1-19(2)10-14-16(13-4-3-5-20-12-13)18(21-6-8-23-9-7-21)24-17(14)15(22)11-19/h3-5H,6-11H2,1-2H3. The van der Waals surface area contributed by atoms with Crippen LogP contribution in [0.4, 0.5) is 5.00 Å². The van der Waals surface area contributed by atoms with Crippen LogP contribution in [0, 0.1) is 11.6 Å². The van der Waals surface area contributed by atoms with E-state index in [9.17, 15) is 4.79 Å². The first-order chi connectivity index (χ1) is 11.6. The first-order valence-electron chi connectivity index (χ1n) is 8.40. The number of Topliss-reactive ketones (excluding diaryl/α,β-unsaturated/α-hetero) is 1. The fraction of sp³-hybridized carbons (Fsp3) is 0.474. The normalized spacial score (nSPS) is 20.1. The molecule has 24 heavy (non-hydrogen) atoms. The largest absolute Gasteiger partial charge is 0.378 e. The summed E-state index contributed by atoms with van der Waals surface area (Å²) in [7, 11) is 0. The van der Waals surface area contributed by atoms with Crippen molar-refractivity contribution in [3.8, 4) is 11.1 Å². The van der Waals surface area contributed by atoms with E-state index in [1.807, 2.05) is 12.1 Å². The third-order valence-corrected chi connectivity index (χ3v) is 6.05. The lowest BCUT2D eigenvalue weighted by Gasteiger charge is -2.30. The molecule has 2 aromatic rings. The van der Waals surface area contributed by atoms with Gasteiger partial charge in [-0.25, -0.2) is 0 Å². The number of nitrogens with zero attached hydrogens (tertiary/aromatic N) is 2. The summed E-state index contributed by atoms with van der Waals surface area (Å²) in [6.45, 7) is 7.55. The van der Waals surface area contributed by atoms with E-state index in [0.717, 1.165) is 48.7 Å². The SMILES string of the molecule is CC1(C)CC(=O)c2sc(N3CCOCC3)c(-c3[c]nccc3)c2C1. The molecule has 3 heterocycles. The van der Waals surface area contributed by atoms with Crippen molar-refractivity contribution in [3.05, 3.63) is 35.0 Å². The molecule has 4 rings (SSSR count). The highest BCUT2D eigenvalue weighted by Crippen LogP contribution is 2.49. The summed E-state index contributed by atoms with van der Waals surface area (Å²) in [5.41, 5.74) is 3.34. The van der Waals surface area contributed by atoms with E-state index in [1.54, 1.807) is 17.5 Å². The third-order valence-electron chi connectivity index (χ3n) is 4.71. The summed E-state index contributed by atoms with van der Waals surface area (Å²) >= 11 is 1.65. The molecule has 1 fully saturated rings. The van der Waals surface area contributed by atoms with Crippen LogP contribution >= 0.6 is 11.3 Å². The van der Waals surface area contributed by atoms with Gasteiger partial charge in [-0.3, -0.25) is 9.78 Å². The molecule has 2 aromatic heterocycles. The van der Waals surface area contributed by atoms with Gasteiger partial charge in [-0.15, -0.1) is 11.3 Å². The number of rotatable bonds is 2. The van der Waals surface area contributed by atoms with Crippen molar-refractivity contribution in [2.24, 2.45) is 5.41 Å². The van der Waals surface area contributed by atoms with Crippen LogP contribution in [-0.4, -0.2) is 37.1 Å². The number of thiophene rings is 1. The molecule has 0 amide bonds. The highest BCUT2D eigenvalue weighted by Gasteiger charge is 2.37. The van der Waals surface area contributed by atoms with E-state index in [0.29, 0.717) is 6.42 Å². The molecule has 0 N–H and O–H groups in total. The number of hydrogen-bond acceptors (Lipinski definition) is 5. The topological polar surface area (TPSA) is 42.4 Å². The quantitative estimate of drug-likeness (QED) is 0.837. The number of carbonyl (C=O) groups excluding carboxylic acids is 1. The van der Waals surface area contributed by atoms with Gasteiger partial charge in [-0.05, 0) is 23.5 Å². The predicted molar refractivity (Wildman–Crippen MR) is 95.9 cm³/mol. The number of ketones is 1. The Morgan fingerprint density at radius 2 is 2.08 bits per heavy atom. The van der Waals surface area contributed by atoms with E-state index in [4.69, 9.17) is 4.74 Å². The molecule has 1 aliphatic carbocycles. The van der Waals surface area contributed by atoms with Crippen molar-refractivity contribution in [2.45, 2.75) is 26.7 Å². The van der Waals surface area contributed by atoms with Crippen LogP contribution in [0.3, 0.4) is 0 Å². The number of morpholine rings is 1. The summed E-state index contributed by atoms with van der Waals surface area (Å²) in [6.07, 6.45) is 6.42. The van der Waals surface area contributed by atoms with Crippen molar-refractivity contribution in [1.29, 1.82) is 0 Å². The van der Waals surface area contributed by atoms with Crippen molar-refractivity contribution < 1.29 is 9.53 Å². The maximum atomic E-state index is 12.7. The van der Waals surface area contributed by atoms with Gasteiger partial charge in [0, 0.05) is 36.8 Å². The Balaban J connectivity index is 1.89. The van der Waals surface area contributed by atoms with Gasteiger partial charge in [0.1, 0.15) is 5.00 Å². The first kappa shape index (κ1) is 15.8. The molecule has 2 aliphatic rings. The maximum Gasteiger partial charge on any atom is 0.173 e. The number of hydrogen-bond donors (Lipinski definition) is 0. The van der Waals surface area contributed by atoms with Crippen molar-refractivity contribution in [3.63, 3.8) is 0 Å². The Morgan fingerprint density at radius 1 is 1.29 bits per heavy atom. The number of ether oxygens (including phenoxy) is 1. The van der Waals surface area contributed by atoms with Crippen LogP contribution in [0.15, 0.2) is 18.3 Å². The van der Waals surface area contributed by atoms with Gasteiger partial charge in [0.15, 0.2) is 5.78 Å². The Morgan fingerprint density at radius 3 is 2.79 bits per heavy atom. The Kier molecular flexibility index (Phi) is 3.93. The van der Waals surface area contributed by atoms with E-state index in [1.165, 1.54) is 10.6 Å². The van der Waals surface area contributed by atoms with Gasteiger partial charge in [0.25, 0.3) is 0 Å². The smallest absolute Gasteiger partial charge is 0.173 e. The maximum absolute atomic E-state index is 12.7. The highest BCUT2D eigenvalue weighted by molar-refractivity contribution is 7.19. The van der Waals surface area contributed by atoms with E-state index >= 15 is 0 Å². The minimum absolute atomic E-state index is 0.00436. The Hall–Kier alpha value is -1.72. The average Bonchev–Trinajstić information content (AvgIpc) is 2.95. The summed E-state index contributed by atoms with van der Waals surface area (Å²) in [6, 6.07) is 3.99. The molecule has 1 saturated heterocycles. The summed E-state index contributed by atoms with van der Waals surface area (Å²) in [4.78, 5) is 20.2. The first-order valence-corrected chi connectivity index (χ1v) is 9.21. The van der Waals surface area contributed by atoms with Crippen LogP contribution in [0.5, 0.6) is 0 Å². The summed E-state index contributed by atoms with van der Waals surface area (Å²) < 4.78 is 5.50. The van der Waals surface area contributed by atoms with Crippen molar-refractivity contribution in [1.82, 2.24) is 4.98 Å². The van der Waals surface area contributed by atoms with Crippen molar-refractivity contribution in [2.75, 3.05) is 31.2 Å². The van der Waals surface area contributed by atoms with E-state index in [-0.39, 0.29) is 11.2 Å². The van der Waals surface area contributed by atoms with Crippen LogP contribution in [0.1, 0.15) is 35.5 Å². The molecule has 5 heteroatoms. The van der Waals surface area contributed by atoms with E-state index < -0.39 is 0 Å². The van der Waals surface area contributed by atoms with Crippen LogP contribution < -0.4 is 4.90 Å². The zero-order chi connectivity index (χ0) is 16.7. The summed E-state index contributed by atoms with van der Waals surface area (Å²) in [5, 5.41) is 1.18. The van der Waals surface area contributed by atoms with Gasteiger partial charge in [0.05, 0.1) is 24.3 Å². The van der Waals surface area contributed by atoms with Gasteiger partial charge in [0.2, 0.25) is 0 Å². The monoisotopic (exact) mass is 341 g/mol. The highest BCUT2D eigenvalue weighted by atomic mass is 32.1. The molecule has 4 nitrogen and oxygen atoms in total. The number of aromatic nitrogens is 1. The molecular weight excluding hydrogens is 320 g/mol. The Bertz CT molecular complexity index is 761. The van der Waals surface area contributed by atoms with Gasteiger partial charge < -0.3 is 9.64 Å². The lowest BCUT2D eigenvalue weighted by atomic mass is 9.75. The molecule has 0 bridgehead atoms. The molecule has 0 spiro atoms.